The summed E-state index contributed by atoms with van der Waals surface area (Å²) in [6.45, 7) is 5.61. The molecular formula is C19H26ClN2O3+. The summed E-state index contributed by atoms with van der Waals surface area (Å²) in [5.41, 5.74) is 0.816. The average molecular weight is 366 g/mol. The zero-order valence-corrected chi connectivity index (χ0v) is 15.4. The zero-order valence-electron chi connectivity index (χ0n) is 14.6. The zero-order chi connectivity index (χ0) is 17.6. The minimum absolute atomic E-state index is 0.0875. The number of carbonyl (C=O) groups is 1. The van der Waals surface area contributed by atoms with Crippen molar-refractivity contribution in [1.82, 2.24) is 5.32 Å². The highest BCUT2D eigenvalue weighted by atomic mass is 35.5. The van der Waals surface area contributed by atoms with Gasteiger partial charge in [0.25, 0.3) is 0 Å². The van der Waals surface area contributed by atoms with Gasteiger partial charge in [0, 0.05) is 19.0 Å². The van der Waals surface area contributed by atoms with Gasteiger partial charge in [-0.3, -0.25) is 4.79 Å². The summed E-state index contributed by atoms with van der Waals surface area (Å²) in [5.74, 6) is 1.10. The summed E-state index contributed by atoms with van der Waals surface area (Å²) in [4.78, 5) is 13.6. The largest absolute Gasteiger partial charge is 0.454 e. The third kappa shape index (κ3) is 4.89. The fourth-order valence-corrected chi connectivity index (χ4v) is 3.74. The number of nitrogens with one attached hydrogen (secondary N) is 2. The molecule has 0 aliphatic carbocycles. The van der Waals surface area contributed by atoms with Gasteiger partial charge in [-0.25, -0.2) is 0 Å². The number of hydrogen-bond donors (Lipinski definition) is 2. The molecule has 2 N–H and O–H groups in total. The van der Waals surface area contributed by atoms with E-state index in [1.54, 1.807) is 17.0 Å². The summed E-state index contributed by atoms with van der Waals surface area (Å²) < 4.78 is 10.6. The molecule has 0 radical (unpaired) electrons. The van der Waals surface area contributed by atoms with Crippen molar-refractivity contribution in [2.45, 2.75) is 38.6 Å². The third-order valence-electron chi connectivity index (χ3n) is 4.93. The lowest BCUT2D eigenvalue weighted by Gasteiger charge is -2.30. The summed E-state index contributed by atoms with van der Waals surface area (Å²) in [5, 5.41) is 3.44. The van der Waals surface area contributed by atoms with Crippen LogP contribution >= 0.6 is 11.6 Å². The number of hydrogen-bond acceptors (Lipinski definition) is 3. The molecule has 1 unspecified atom stereocenters. The van der Waals surface area contributed by atoms with Crippen LogP contribution < -0.4 is 19.7 Å². The Bertz CT molecular complexity index is 648. The molecule has 1 aromatic rings. The van der Waals surface area contributed by atoms with Gasteiger partial charge in [-0.05, 0) is 50.0 Å². The van der Waals surface area contributed by atoms with E-state index in [0.717, 1.165) is 24.6 Å². The number of amides is 1. The van der Waals surface area contributed by atoms with E-state index in [0.29, 0.717) is 23.1 Å². The van der Waals surface area contributed by atoms with Crippen molar-refractivity contribution in [2.24, 2.45) is 0 Å². The van der Waals surface area contributed by atoms with Gasteiger partial charge in [-0.15, -0.1) is 0 Å². The Morgan fingerprint density at radius 1 is 1.40 bits per heavy atom. The highest BCUT2D eigenvalue weighted by Gasteiger charge is 2.21. The Morgan fingerprint density at radius 2 is 2.28 bits per heavy atom. The summed E-state index contributed by atoms with van der Waals surface area (Å²) >= 11 is 6.14. The molecule has 0 saturated carbocycles. The standard InChI is InChI=1S/C19H25ClN2O3/c1-14-5-2-3-9-22(14)10-4-8-21-18(23)7-6-15-11-16(20)19-17(12-15)24-13-25-19/h6-7,11-12,14H,2-5,8-10,13H2,1H3,(H,21,23)/p+1/b7-6+/t14-/m1/s1. The molecule has 2 aliphatic rings. The Kier molecular flexibility index (Phi) is 6.21. The van der Waals surface area contributed by atoms with Gasteiger partial charge < -0.3 is 19.7 Å². The van der Waals surface area contributed by atoms with Crippen LogP contribution in [-0.2, 0) is 4.79 Å². The molecule has 2 heterocycles. The van der Waals surface area contributed by atoms with Gasteiger partial charge in [0.2, 0.25) is 12.7 Å². The topological polar surface area (TPSA) is 52.0 Å². The lowest BCUT2D eigenvalue weighted by Crippen LogP contribution is -3.16. The van der Waals surface area contributed by atoms with Crippen LogP contribution in [0.2, 0.25) is 5.02 Å². The first-order chi connectivity index (χ1) is 12.1. The Morgan fingerprint density at radius 3 is 3.12 bits per heavy atom. The summed E-state index contributed by atoms with van der Waals surface area (Å²) in [6.07, 6.45) is 8.28. The molecular weight excluding hydrogens is 340 g/mol. The molecule has 0 spiro atoms. The van der Waals surface area contributed by atoms with E-state index in [1.165, 1.54) is 31.9 Å². The molecule has 3 rings (SSSR count). The number of halogens is 1. The normalized spacial score (nSPS) is 22.3. The monoisotopic (exact) mass is 365 g/mol. The van der Waals surface area contributed by atoms with Crippen LogP contribution in [0.3, 0.4) is 0 Å². The van der Waals surface area contributed by atoms with Gasteiger partial charge in [0.15, 0.2) is 11.5 Å². The first-order valence-corrected chi connectivity index (χ1v) is 9.41. The first kappa shape index (κ1) is 18.1. The Balaban J connectivity index is 1.42. The van der Waals surface area contributed by atoms with Crippen LogP contribution in [0.15, 0.2) is 18.2 Å². The molecule has 0 bridgehead atoms. The molecule has 6 heteroatoms. The number of piperidine rings is 1. The number of likely N-dealkylation sites (tertiary alicyclic amines) is 1. The van der Waals surface area contributed by atoms with Crippen molar-refractivity contribution in [1.29, 1.82) is 0 Å². The fourth-order valence-electron chi connectivity index (χ4n) is 3.47. The minimum Gasteiger partial charge on any atom is -0.454 e. The van der Waals surface area contributed by atoms with E-state index in [2.05, 4.69) is 12.2 Å². The second-order valence-corrected chi connectivity index (χ2v) is 7.18. The van der Waals surface area contributed by atoms with Crippen molar-refractivity contribution >= 4 is 23.6 Å². The number of benzene rings is 1. The molecule has 2 atom stereocenters. The number of ether oxygens (including phenoxy) is 2. The van der Waals surface area contributed by atoms with Crippen LogP contribution in [0.5, 0.6) is 11.5 Å². The second-order valence-electron chi connectivity index (χ2n) is 6.77. The number of carbonyl (C=O) groups excluding carboxylic acids is 1. The Labute approximate surface area is 153 Å². The summed E-state index contributed by atoms with van der Waals surface area (Å²) in [7, 11) is 0. The van der Waals surface area contributed by atoms with E-state index in [-0.39, 0.29) is 12.7 Å². The van der Waals surface area contributed by atoms with E-state index in [4.69, 9.17) is 21.1 Å². The van der Waals surface area contributed by atoms with Crippen LogP contribution in [0.1, 0.15) is 38.2 Å². The predicted octanol–water partition coefficient (Wildman–Crippen LogP) is 2.05. The van der Waals surface area contributed by atoms with E-state index in [9.17, 15) is 4.79 Å². The third-order valence-corrected chi connectivity index (χ3v) is 5.21. The molecule has 5 nitrogen and oxygen atoms in total. The Hall–Kier alpha value is -1.72. The highest BCUT2D eigenvalue weighted by molar-refractivity contribution is 6.32. The molecule has 1 aromatic carbocycles. The molecule has 1 amide bonds. The highest BCUT2D eigenvalue weighted by Crippen LogP contribution is 2.39. The first-order valence-electron chi connectivity index (χ1n) is 9.03. The van der Waals surface area contributed by atoms with Gasteiger partial charge in [-0.2, -0.15) is 0 Å². The van der Waals surface area contributed by atoms with Gasteiger partial charge >= 0.3 is 0 Å². The smallest absolute Gasteiger partial charge is 0.244 e. The molecule has 1 fully saturated rings. The maximum absolute atomic E-state index is 12.0. The second kappa shape index (κ2) is 8.59. The summed E-state index contributed by atoms with van der Waals surface area (Å²) in [6, 6.07) is 4.33. The molecule has 1 saturated heterocycles. The van der Waals surface area contributed by atoms with Crippen molar-refractivity contribution in [3.8, 4) is 11.5 Å². The number of rotatable bonds is 6. The van der Waals surface area contributed by atoms with Gasteiger partial charge in [-0.1, -0.05) is 11.6 Å². The van der Waals surface area contributed by atoms with Gasteiger partial charge in [0.1, 0.15) is 0 Å². The lowest BCUT2D eigenvalue weighted by molar-refractivity contribution is -0.928. The van der Waals surface area contributed by atoms with Crippen LogP contribution in [0.25, 0.3) is 6.08 Å². The maximum Gasteiger partial charge on any atom is 0.244 e. The van der Waals surface area contributed by atoms with Crippen LogP contribution in [-0.4, -0.2) is 38.4 Å². The van der Waals surface area contributed by atoms with E-state index >= 15 is 0 Å². The predicted molar refractivity (Wildman–Crippen MR) is 98.2 cm³/mol. The lowest BCUT2D eigenvalue weighted by atomic mass is 10.0. The van der Waals surface area contributed by atoms with Crippen molar-refractivity contribution in [3.05, 3.63) is 28.8 Å². The van der Waals surface area contributed by atoms with Crippen molar-refractivity contribution < 1.29 is 19.2 Å². The van der Waals surface area contributed by atoms with Gasteiger partial charge in [0.05, 0.1) is 24.2 Å². The van der Waals surface area contributed by atoms with E-state index < -0.39 is 0 Å². The molecule has 136 valence electrons. The number of quaternary nitrogens is 1. The fraction of sp³-hybridized carbons (Fsp3) is 0.526. The molecule has 0 aromatic heterocycles. The van der Waals surface area contributed by atoms with Crippen molar-refractivity contribution in [2.75, 3.05) is 26.4 Å². The molecule has 25 heavy (non-hydrogen) atoms. The van der Waals surface area contributed by atoms with Crippen LogP contribution in [0, 0.1) is 0 Å². The quantitative estimate of drug-likeness (QED) is 0.599. The molecule has 2 aliphatic heterocycles. The average Bonchev–Trinajstić information content (AvgIpc) is 3.07. The number of fused-ring (bicyclic) bond motifs is 1. The van der Waals surface area contributed by atoms with E-state index in [1.807, 2.05) is 6.07 Å². The SMILES string of the molecule is C[C@@H]1CCCC[NH+]1CCCNC(=O)/C=C/c1cc(Cl)c2c(c1)OCO2. The maximum atomic E-state index is 12.0. The van der Waals surface area contributed by atoms with Crippen molar-refractivity contribution in [3.63, 3.8) is 0 Å². The minimum atomic E-state index is -0.0875. The van der Waals surface area contributed by atoms with Crippen LogP contribution in [0.4, 0.5) is 0 Å².